The summed E-state index contributed by atoms with van der Waals surface area (Å²) in [5, 5.41) is 0. The first-order valence-corrected chi connectivity index (χ1v) is 6.02. The molecule has 1 aromatic rings. The predicted molar refractivity (Wildman–Crippen MR) is 73.5 cm³/mol. The number of hydrogen-bond acceptors (Lipinski definition) is 2. The van der Waals surface area contributed by atoms with E-state index in [4.69, 9.17) is 18.0 Å². The van der Waals surface area contributed by atoms with E-state index in [1.807, 2.05) is 14.0 Å². The predicted octanol–water partition coefficient (Wildman–Crippen LogP) is 2.36. The van der Waals surface area contributed by atoms with Crippen molar-refractivity contribution < 1.29 is 0 Å². The van der Waals surface area contributed by atoms with E-state index in [0.29, 0.717) is 4.99 Å². The molecule has 1 rings (SSSR count). The molecule has 2 nitrogen and oxygen atoms in total. The largest absolute Gasteiger partial charge is 0.392 e. The van der Waals surface area contributed by atoms with Gasteiger partial charge in [0.05, 0.1) is 11.0 Å². The Hall–Kier alpha value is -0.930. The molecule has 1 unspecified atom stereocenters. The van der Waals surface area contributed by atoms with Crippen molar-refractivity contribution in [1.29, 1.82) is 0 Å². The van der Waals surface area contributed by atoms with E-state index in [-0.39, 0.29) is 6.04 Å². The van der Waals surface area contributed by atoms with E-state index in [2.05, 4.69) is 36.1 Å². The molecule has 2 N–H and O–H groups in total. The molecule has 0 bridgehead atoms. The van der Waals surface area contributed by atoms with Gasteiger partial charge < -0.3 is 5.73 Å². The molecule has 0 aromatic heterocycles. The summed E-state index contributed by atoms with van der Waals surface area (Å²) < 4.78 is 0. The van der Waals surface area contributed by atoms with Crippen LogP contribution in [0.25, 0.3) is 0 Å². The SMILES string of the molecule is CCc1ccc(CN(C)C(C)C(N)=S)cc1. The minimum Gasteiger partial charge on any atom is -0.392 e. The number of benzene rings is 1. The second-order valence-electron chi connectivity index (χ2n) is 4.16. The molecule has 0 saturated carbocycles. The summed E-state index contributed by atoms with van der Waals surface area (Å²) >= 11 is 4.99. The summed E-state index contributed by atoms with van der Waals surface area (Å²) in [5.74, 6) is 0. The molecule has 0 radical (unpaired) electrons. The van der Waals surface area contributed by atoms with Crippen molar-refractivity contribution in [3.63, 3.8) is 0 Å². The lowest BCUT2D eigenvalue weighted by molar-refractivity contribution is 0.304. The second-order valence-corrected chi connectivity index (χ2v) is 4.63. The van der Waals surface area contributed by atoms with Crippen LogP contribution in [0.4, 0.5) is 0 Å². The monoisotopic (exact) mass is 236 g/mol. The van der Waals surface area contributed by atoms with Gasteiger partial charge in [0.15, 0.2) is 0 Å². The van der Waals surface area contributed by atoms with Crippen molar-refractivity contribution in [3.8, 4) is 0 Å². The molecule has 1 aromatic carbocycles. The van der Waals surface area contributed by atoms with Gasteiger partial charge in [-0.15, -0.1) is 0 Å². The summed E-state index contributed by atoms with van der Waals surface area (Å²) in [5.41, 5.74) is 8.29. The number of likely N-dealkylation sites (N-methyl/N-ethyl adjacent to an activating group) is 1. The summed E-state index contributed by atoms with van der Waals surface area (Å²) in [6.07, 6.45) is 1.08. The quantitative estimate of drug-likeness (QED) is 0.796. The highest BCUT2D eigenvalue weighted by Crippen LogP contribution is 2.09. The molecular formula is C13H20N2S. The van der Waals surface area contributed by atoms with E-state index in [9.17, 15) is 0 Å². The van der Waals surface area contributed by atoms with Crippen molar-refractivity contribution in [2.45, 2.75) is 32.9 Å². The average molecular weight is 236 g/mol. The van der Waals surface area contributed by atoms with Gasteiger partial charge in [-0.1, -0.05) is 43.4 Å². The van der Waals surface area contributed by atoms with Gasteiger partial charge in [-0.05, 0) is 31.5 Å². The Morgan fingerprint density at radius 1 is 1.31 bits per heavy atom. The molecule has 1 atom stereocenters. The molecule has 0 fully saturated rings. The standard InChI is InChI=1S/C13H20N2S/c1-4-11-5-7-12(8-6-11)9-15(3)10(2)13(14)16/h5-8,10H,4,9H2,1-3H3,(H2,14,16). The fourth-order valence-electron chi connectivity index (χ4n) is 1.52. The average Bonchev–Trinajstić information content (AvgIpc) is 2.28. The minimum absolute atomic E-state index is 0.140. The van der Waals surface area contributed by atoms with Crippen LogP contribution in [0.2, 0.25) is 0 Å². The van der Waals surface area contributed by atoms with Gasteiger partial charge in [0, 0.05) is 6.54 Å². The third-order valence-electron chi connectivity index (χ3n) is 2.94. The van der Waals surface area contributed by atoms with E-state index < -0.39 is 0 Å². The van der Waals surface area contributed by atoms with Gasteiger partial charge in [0.1, 0.15) is 0 Å². The summed E-state index contributed by atoms with van der Waals surface area (Å²) in [6.45, 7) is 5.07. The summed E-state index contributed by atoms with van der Waals surface area (Å²) in [6, 6.07) is 8.83. The van der Waals surface area contributed by atoms with Crippen LogP contribution in [0.1, 0.15) is 25.0 Å². The van der Waals surface area contributed by atoms with Crippen LogP contribution in [0.15, 0.2) is 24.3 Å². The van der Waals surface area contributed by atoms with E-state index in [1.165, 1.54) is 11.1 Å². The van der Waals surface area contributed by atoms with Crippen molar-refractivity contribution in [2.24, 2.45) is 5.73 Å². The number of hydrogen-bond donors (Lipinski definition) is 1. The molecule has 0 spiro atoms. The first kappa shape index (κ1) is 13.1. The number of nitrogens with zero attached hydrogens (tertiary/aromatic N) is 1. The Morgan fingerprint density at radius 3 is 2.25 bits per heavy atom. The van der Waals surface area contributed by atoms with Gasteiger partial charge in [0.2, 0.25) is 0 Å². The fraction of sp³-hybridized carbons (Fsp3) is 0.462. The van der Waals surface area contributed by atoms with Crippen LogP contribution in [-0.4, -0.2) is 23.0 Å². The fourth-order valence-corrected chi connectivity index (χ4v) is 1.70. The highest BCUT2D eigenvalue weighted by molar-refractivity contribution is 7.80. The Bertz CT molecular complexity index is 345. The summed E-state index contributed by atoms with van der Waals surface area (Å²) in [4.78, 5) is 2.70. The van der Waals surface area contributed by atoms with Gasteiger partial charge >= 0.3 is 0 Å². The zero-order valence-corrected chi connectivity index (χ0v) is 11.1. The molecule has 0 aliphatic rings. The maximum absolute atomic E-state index is 5.63. The first-order valence-electron chi connectivity index (χ1n) is 5.62. The van der Waals surface area contributed by atoms with Crippen molar-refractivity contribution in [1.82, 2.24) is 4.90 Å². The maximum atomic E-state index is 5.63. The molecule has 0 saturated heterocycles. The van der Waals surface area contributed by atoms with Crippen LogP contribution in [0.3, 0.4) is 0 Å². The molecule has 16 heavy (non-hydrogen) atoms. The maximum Gasteiger partial charge on any atom is 0.0899 e. The third-order valence-corrected chi connectivity index (χ3v) is 3.28. The number of rotatable bonds is 5. The Morgan fingerprint density at radius 2 is 1.81 bits per heavy atom. The van der Waals surface area contributed by atoms with Gasteiger partial charge in [0.25, 0.3) is 0 Å². The number of aryl methyl sites for hydroxylation is 1. The van der Waals surface area contributed by atoms with Crippen molar-refractivity contribution >= 4 is 17.2 Å². The molecule has 3 heteroatoms. The van der Waals surface area contributed by atoms with Crippen LogP contribution < -0.4 is 5.73 Å². The zero-order valence-electron chi connectivity index (χ0n) is 10.2. The molecular weight excluding hydrogens is 216 g/mol. The smallest absolute Gasteiger partial charge is 0.0899 e. The van der Waals surface area contributed by atoms with Crippen LogP contribution in [0.5, 0.6) is 0 Å². The van der Waals surface area contributed by atoms with E-state index >= 15 is 0 Å². The highest BCUT2D eigenvalue weighted by Gasteiger charge is 2.11. The Kier molecular flexibility index (Phi) is 4.90. The van der Waals surface area contributed by atoms with E-state index in [1.54, 1.807) is 0 Å². The van der Waals surface area contributed by atoms with Gasteiger partial charge in [-0.2, -0.15) is 0 Å². The normalized spacial score (nSPS) is 12.8. The molecule has 0 heterocycles. The lowest BCUT2D eigenvalue weighted by Crippen LogP contribution is -2.38. The van der Waals surface area contributed by atoms with Crippen LogP contribution in [0, 0.1) is 0 Å². The van der Waals surface area contributed by atoms with Gasteiger partial charge in [-0.25, -0.2) is 0 Å². The molecule has 0 amide bonds. The zero-order chi connectivity index (χ0) is 12.1. The Balaban J connectivity index is 2.62. The lowest BCUT2D eigenvalue weighted by Gasteiger charge is -2.23. The van der Waals surface area contributed by atoms with Crippen molar-refractivity contribution in [2.75, 3.05) is 7.05 Å². The van der Waals surface area contributed by atoms with Crippen molar-refractivity contribution in [3.05, 3.63) is 35.4 Å². The molecule has 0 aliphatic carbocycles. The third kappa shape index (κ3) is 3.58. The van der Waals surface area contributed by atoms with E-state index in [0.717, 1.165) is 13.0 Å². The van der Waals surface area contributed by atoms with Gasteiger partial charge in [-0.3, -0.25) is 4.90 Å². The van der Waals surface area contributed by atoms with Crippen LogP contribution in [-0.2, 0) is 13.0 Å². The number of thiocarbonyl (C=S) groups is 1. The lowest BCUT2D eigenvalue weighted by atomic mass is 10.1. The van der Waals surface area contributed by atoms with Crippen LogP contribution >= 0.6 is 12.2 Å². The molecule has 88 valence electrons. The highest BCUT2D eigenvalue weighted by atomic mass is 32.1. The topological polar surface area (TPSA) is 29.3 Å². The minimum atomic E-state index is 0.140. The molecule has 0 aliphatic heterocycles. The first-order chi connectivity index (χ1) is 7.54. The second kappa shape index (κ2) is 5.97. The number of nitrogens with two attached hydrogens (primary N) is 1. The summed E-state index contributed by atoms with van der Waals surface area (Å²) in [7, 11) is 2.04. The Labute approximate surface area is 103 Å².